The molecule has 1 N–H and O–H groups in total. The fourth-order valence-electron chi connectivity index (χ4n) is 5.48. The number of alkyl halides is 3. The average molecular weight is 524 g/mol. The fraction of sp³-hybridized carbons (Fsp3) is 0.692. The Morgan fingerprint density at radius 2 is 1.92 bits per heavy atom. The molecule has 1 amide bonds. The summed E-state index contributed by atoms with van der Waals surface area (Å²) in [7, 11) is 0. The zero-order valence-electron chi connectivity index (χ0n) is 21.1. The molecule has 1 fully saturated rings. The lowest BCUT2D eigenvalue weighted by molar-refractivity contribution is -0.134. The van der Waals surface area contributed by atoms with E-state index in [2.05, 4.69) is 32.3 Å². The number of amides is 1. The highest BCUT2D eigenvalue weighted by Crippen LogP contribution is 2.31. The van der Waals surface area contributed by atoms with Crippen molar-refractivity contribution in [1.82, 2.24) is 25.4 Å². The molecule has 0 spiro atoms. The van der Waals surface area contributed by atoms with Crippen LogP contribution in [0.5, 0.6) is 0 Å². The third-order valence-electron chi connectivity index (χ3n) is 7.52. The second kappa shape index (κ2) is 12.0. The lowest BCUT2D eigenvalue weighted by Crippen LogP contribution is -2.40. The number of rotatable bonds is 8. The van der Waals surface area contributed by atoms with Gasteiger partial charge in [0.25, 0.3) is 0 Å². The standard InChI is InChI=1S/C26H36F3N5OS/c1-17(19-3-6-21(7-4-19)31-24(35)15-25-33-32-18(2)36-25)16-34-13-10-20-5-8-22(9-12-26(27,28)29)30-23(20)11-14-34/h5,8,17,19,21H,3-4,6-7,9-16H2,1-2H3,(H,31,35)/t17-,19?,21?/m0/s1. The first-order valence-corrected chi connectivity index (χ1v) is 13.8. The number of aromatic nitrogens is 3. The molecule has 2 aromatic heterocycles. The van der Waals surface area contributed by atoms with Gasteiger partial charge in [-0.2, -0.15) is 13.2 Å². The van der Waals surface area contributed by atoms with Crippen molar-refractivity contribution in [2.75, 3.05) is 19.6 Å². The fourth-order valence-corrected chi connectivity index (χ4v) is 6.19. The smallest absolute Gasteiger partial charge is 0.353 e. The van der Waals surface area contributed by atoms with Crippen molar-refractivity contribution < 1.29 is 18.0 Å². The molecule has 0 aromatic carbocycles. The van der Waals surface area contributed by atoms with Crippen LogP contribution in [0.2, 0.25) is 0 Å². The first-order valence-electron chi connectivity index (χ1n) is 13.0. The number of nitrogens with zero attached hydrogens (tertiary/aromatic N) is 4. The molecule has 198 valence electrons. The number of halogens is 3. The molecule has 0 bridgehead atoms. The summed E-state index contributed by atoms with van der Waals surface area (Å²) in [6.45, 7) is 7.09. The minimum Gasteiger partial charge on any atom is -0.353 e. The average Bonchev–Trinajstić information content (AvgIpc) is 3.12. The van der Waals surface area contributed by atoms with E-state index in [4.69, 9.17) is 0 Å². The van der Waals surface area contributed by atoms with Crippen LogP contribution in [-0.2, 0) is 30.5 Å². The van der Waals surface area contributed by atoms with Crippen LogP contribution in [0.4, 0.5) is 13.2 Å². The first kappa shape index (κ1) is 27.0. The number of carbonyl (C=O) groups excluding carboxylic acids is 1. The SMILES string of the molecule is Cc1nnc(CC(=O)NC2CCC([C@@H](C)CN3CCc4ccc(CCC(F)(F)F)nc4CC3)CC2)s1. The van der Waals surface area contributed by atoms with E-state index in [1.807, 2.05) is 13.0 Å². The third kappa shape index (κ3) is 7.96. The van der Waals surface area contributed by atoms with Crippen molar-refractivity contribution in [1.29, 1.82) is 0 Å². The van der Waals surface area contributed by atoms with Gasteiger partial charge in [-0.15, -0.1) is 21.5 Å². The predicted octanol–water partition coefficient (Wildman–Crippen LogP) is 4.69. The van der Waals surface area contributed by atoms with Crippen LogP contribution in [0.15, 0.2) is 12.1 Å². The minimum absolute atomic E-state index is 0.0296. The Balaban J connectivity index is 1.19. The molecule has 3 heterocycles. The van der Waals surface area contributed by atoms with Crippen LogP contribution >= 0.6 is 11.3 Å². The summed E-state index contributed by atoms with van der Waals surface area (Å²) in [6, 6.07) is 3.97. The monoisotopic (exact) mass is 523 g/mol. The second-order valence-electron chi connectivity index (χ2n) is 10.4. The number of carbonyl (C=O) groups is 1. The van der Waals surface area contributed by atoms with Gasteiger partial charge < -0.3 is 10.2 Å². The summed E-state index contributed by atoms with van der Waals surface area (Å²) in [5, 5.41) is 12.8. The van der Waals surface area contributed by atoms with Crippen LogP contribution in [0.25, 0.3) is 0 Å². The summed E-state index contributed by atoms with van der Waals surface area (Å²) >= 11 is 1.47. The maximum atomic E-state index is 12.6. The van der Waals surface area contributed by atoms with Crippen molar-refractivity contribution >= 4 is 17.2 Å². The van der Waals surface area contributed by atoms with Gasteiger partial charge in [0.15, 0.2) is 0 Å². The van der Waals surface area contributed by atoms with Crippen molar-refractivity contribution in [3.05, 3.63) is 39.1 Å². The lowest BCUT2D eigenvalue weighted by Gasteiger charge is -2.35. The quantitative estimate of drug-likeness (QED) is 0.544. The third-order valence-corrected chi connectivity index (χ3v) is 8.36. The second-order valence-corrected chi connectivity index (χ2v) is 11.6. The molecule has 1 saturated carbocycles. The van der Waals surface area contributed by atoms with Crippen LogP contribution in [0.1, 0.15) is 66.0 Å². The molecule has 1 aliphatic heterocycles. The van der Waals surface area contributed by atoms with Gasteiger partial charge in [-0.05, 0) is 68.9 Å². The molecular weight excluding hydrogens is 487 g/mol. The molecule has 1 atom stereocenters. The Kier molecular flexibility index (Phi) is 8.98. The summed E-state index contributed by atoms with van der Waals surface area (Å²) in [5.41, 5.74) is 2.67. The van der Waals surface area contributed by atoms with Gasteiger partial charge in [-0.3, -0.25) is 9.78 Å². The maximum absolute atomic E-state index is 12.6. The van der Waals surface area contributed by atoms with Crippen molar-refractivity contribution in [2.45, 2.75) is 83.9 Å². The van der Waals surface area contributed by atoms with E-state index in [0.29, 0.717) is 24.0 Å². The number of aryl methyl sites for hydroxylation is 2. The number of nitrogens with one attached hydrogen (secondary N) is 1. The van der Waals surface area contributed by atoms with Gasteiger partial charge in [0.05, 0.1) is 6.42 Å². The van der Waals surface area contributed by atoms with Gasteiger partial charge in [0.2, 0.25) is 5.91 Å². The molecule has 1 aliphatic carbocycles. The highest BCUT2D eigenvalue weighted by atomic mass is 32.1. The summed E-state index contributed by atoms with van der Waals surface area (Å²) in [6.07, 6.45) is 1.20. The summed E-state index contributed by atoms with van der Waals surface area (Å²) in [4.78, 5) is 19.4. The van der Waals surface area contributed by atoms with E-state index in [-0.39, 0.29) is 18.4 Å². The molecule has 2 aliphatic rings. The van der Waals surface area contributed by atoms with Gasteiger partial charge in [0.1, 0.15) is 10.0 Å². The molecule has 10 heteroatoms. The zero-order valence-corrected chi connectivity index (χ0v) is 21.9. The van der Waals surface area contributed by atoms with Crippen LogP contribution in [-0.4, -0.2) is 57.8 Å². The predicted molar refractivity (Wildman–Crippen MR) is 134 cm³/mol. The van der Waals surface area contributed by atoms with Crippen LogP contribution < -0.4 is 5.32 Å². The molecule has 2 aromatic rings. The van der Waals surface area contributed by atoms with Gasteiger partial charge in [-0.1, -0.05) is 13.0 Å². The molecule has 0 unspecified atom stereocenters. The maximum Gasteiger partial charge on any atom is 0.389 e. The first-order chi connectivity index (χ1) is 17.1. The van der Waals surface area contributed by atoms with Crippen molar-refractivity contribution in [3.63, 3.8) is 0 Å². The largest absolute Gasteiger partial charge is 0.389 e. The lowest BCUT2D eigenvalue weighted by atomic mass is 9.78. The van der Waals surface area contributed by atoms with E-state index < -0.39 is 12.6 Å². The molecule has 0 saturated heterocycles. The van der Waals surface area contributed by atoms with Crippen LogP contribution in [0.3, 0.4) is 0 Å². The molecule has 4 rings (SSSR count). The number of pyridine rings is 1. The Labute approximate surface area is 215 Å². The Morgan fingerprint density at radius 3 is 2.61 bits per heavy atom. The Morgan fingerprint density at radius 1 is 1.17 bits per heavy atom. The molecule has 0 radical (unpaired) electrons. The summed E-state index contributed by atoms with van der Waals surface area (Å²) < 4.78 is 37.7. The van der Waals surface area contributed by atoms with Gasteiger partial charge in [-0.25, -0.2) is 0 Å². The van der Waals surface area contributed by atoms with E-state index >= 15 is 0 Å². The summed E-state index contributed by atoms with van der Waals surface area (Å²) in [5.74, 6) is 1.23. The Hall–Kier alpha value is -2.07. The number of hydrogen-bond donors (Lipinski definition) is 1. The van der Waals surface area contributed by atoms with Gasteiger partial charge in [0, 0.05) is 49.9 Å². The highest BCUT2D eigenvalue weighted by molar-refractivity contribution is 7.11. The van der Waals surface area contributed by atoms with Crippen LogP contribution in [0, 0.1) is 18.8 Å². The van der Waals surface area contributed by atoms with Gasteiger partial charge >= 0.3 is 6.18 Å². The molecular formula is C26H36F3N5OS. The van der Waals surface area contributed by atoms with E-state index in [1.54, 1.807) is 6.07 Å². The highest BCUT2D eigenvalue weighted by Gasteiger charge is 2.29. The zero-order chi connectivity index (χ0) is 25.7. The molecule has 6 nitrogen and oxygen atoms in total. The number of hydrogen-bond acceptors (Lipinski definition) is 6. The van der Waals surface area contributed by atoms with Crippen molar-refractivity contribution in [2.24, 2.45) is 11.8 Å². The van der Waals surface area contributed by atoms with E-state index in [9.17, 15) is 18.0 Å². The number of fused-ring (bicyclic) bond motifs is 1. The Bertz CT molecular complexity index is 1020. The minimum atomic E-state index is -4.15. The normalized spacial score (nSPS) is 22.0. The molecule has 36 heavy (non-hydrogen) atoms. The van der Waals surface area contributed by atoms with E-state index in [1.165, 1.54) is 16.9 Å². The van der Waals surface area contributed by atoms with E-state index in [0.717, 1.165) is 73.9 Å². The topological polar surface area (TPSA) is 71.0 Å². The van der Waals surface area contributed by atoms with Crippen molar-refractivity contribution in [3.8, 4) is 0 Å².